The van der Waals surface area contributed by atoms with Crippen molar-refractivity contribution in [3.05, 3.63) is 117 Å². The number of thioether (sulfide) groups is 1. The van der Waals surface area contributed by atoms with Crippen molar-refractivity contribution in [1.29, 1.82) is 0 Å². The summed E-state index contributed by atoms with van der Waals surface area (Å²) in [5.41, 5.74) is 1.83. The highest BCUT2D eigenvalue weighted by molar-refractivity contribution is 8.00. The number of esters is 1. The highest BCUT2D eigenvalue weighted by Gasteiger charge is 2.33. The van der Waals surface area contributed by atoms with Crippen LogP contribution < -0.4 is 16.0 Å². The number of thiophene rings is 1. The molecule has 0 radical (unpaired) electrons. The van der Waals surface area contributed by atoms with Gasteiger partial charge in [0.15, 0.2) is 0 Å². The Kier molecular flexibility index (Phi) is 13.2. The Morgan fingerprint density at radius 3 is 2.41 bits per heavy atom. The molecule has 0 saturated carbocycles. The first-order valence-corrected chi connectivity index (χ1v) is 19.3. The lowest BCUT2D eigenvalue weighted by Crippen LogP contribution is -2.39. The second kappa shape index (κ2) is 17.8. The highest BCUT2D eigenvalue weighted by Crippen LogP contribution is 2.39. The molecule has 0 fully saturated rings. The third kappa shape index (κ3) is 10.5. The molecule has 0 bridgehead atoms. The van der Waals surface area contributed by atoms with Gasteiger partial charge in [0.2, 0.25) is 5.91 Å². The van der Waals surface area contributed by atoms with E-state index >= 15 is 0 Å². The van der Waals surface area contributed by atoms with Crippen LogP contribution in [-0.4, -0.2) is 59.2 Å². The van der Waals surface area contributed by atoms with Crippen molar-refractivity contribution < 1.29 is 33.4 Å². The van der Waals surface area contributed by atoms with Gasteiger partial charge in [-0.05, 0) is 93.3 Å². The Hall–Kier alpha value is -5.11. The summed E-state index contributed by atoms with van der Waals surface area (Å²) in [6.45, 7) is 7.88. The zero-order valence-corrected chi connectivity index (χ0v) is 32.9. The smallest absolute Gasteiger partial charge is 0.410 e. The predicted octanol–water partition coefficient (Wildman–Crippen LogP) is 8.40. The van der Waals surface area contributed by atoms with Gasteiger partial charge < -0.3 is 30.3 Å². The zero-order chi connectivity index (χ0) is 39.0. The Balaban J connectivity index is 1.31. The summed E-state index contributed by atoms with van der Waals surface area (Å²) in [7, 11) is 1.29. The van der Waals surface area contributed by atoms with E-state index in [1.807, 2.05) is 13.0 Å². The minimum atomic E-state index is -0.654. The number of fused-ring (bicyclic) bond motifs is 1. The van der Waals surface area contributed by atoms with Crippen molar-refractivity contribution in [3.8, 4) is 0 Å². The van der Waals surface area contributed by atoms with Gasteiger partial charge in [0.1, 0.15) is 16.3 Å². The molecule has 54 heavy (non-hydrogen) atoms. The molecule has 1 aliphatic rings. The van der Waals surface area contributed by atoms with Gasteiger partial charge in [0.25, 0.3) is 11.8 Å². The van der Waals surface area contributed by atoms with E-state index in [4.69, 9.17) is 21.1 Å². The number of hydrogen-bond acceptors (Lipinski definition) is 9. The Morgan fingerprint density at radius 2 is 1.72 bits per heavy atom. The second-order valence-corrected chi connectivity index (χ2v) is 16.1. The quantitative estimate of drug-likeness (QED) is 0.0782. The van der Waals surface area contributed by atoms with E-state index in [1.54, 1.807) is 98.5 Å². The molecule has 3 aromatic carbocycles. The number of carbonyl (C=O) groups is 5. The summed E-state index contributed by atoms with van der Waals surface area (Å²) in [6.07, 6.45) is 1.95. The number of amides is 4. The molecule has 0 aliphatic carbocycles. The van der Waals surface area contributed by atoms with Gasteiger partial charge in [-0.15, -0.1) is 23.1 Å². The lowest BCUT2D eigenvalue weighted by molar-refractivity contribution is -0.116. The standard InChI is InChI=1S/C40H41ClN4O7S2/c1-6-31(36(48)44-37-33(38(49)51-5)29-18-19-45(23-32(29)54-37)39(50)52-40(2,3)4)53-28-17-11-16-27(22-28)42-35(47)30(21-24-12-10-15-26(41)20-24)43-34(46)25-13-8-7-9-14-25/h7-17,20-22,31H,6,18-19,23H2,1-5H3,(H,42,47)(H,43,46)(H,44,48)/b30-21-. The lowest BCUT2D eigenvalue weighted by atomic mass is 10.0. The molecular formula is C40H41ClN4O7S2. The molecular weight excluding hydrogens is 748 g/mol. The van der Waals surface area contributed by atoms with Crippen molar-refractivity contribution in [1.82, 2.24) is 10.2 Å². The van der Waals surface area contributed by atoms with Gasteiger partial charge in [-0.25, -0.2) is 9.59 Å². The zero-order valence-electron chi connectivity index (χ0n) is 30.5. The maximum atomic E-state index is 13.7. The van der Waals surface area contributed by atoms with E-state index in [0.29, 0.717) is 56.7 Å². The molecule has 14 heteroatoms. The molecule has 282 valence electrons. The molecule has 0 spiro atoms. The number of ether oxygens (including phenoxy) is 2. The summed E-state index contributed by atoms with van der Waals surface area (Å²) in [4.78, 5) is 69.2. The third-order valence-corrected chi connectivity index (χ3v) is 10.8. The van der Waals surface area contributed by atoms with Crippen molar-refractivity contribution in [2.75, 3.05) is 24.3 Å². The fraction of sp³-hybridized carbons (Fsp3) is 0.275. The van der Waals surface area contributed by atoms with Gasteiger partial charge in [-0.1, -0.05) is 54.9 Å². The third-order valence-electron chi connectivity index (χ3n) is 8.06. The van der Waals surface area contributed by atoms with Crippen molar-refractivity contribution >= 4 is 81.2 Å². The fourth-order valence-electron chi connectivity index (χ4n) is 5.52. The molecule has 1 atom stereocenters. The molecule has 1 aliphatic heterocycles. The molecule has 1 unspecified atom stereocenters. The molecule has 4 amide bonds. The Bertz CT molecular complexity index is 2080. The van der Waals surface area contributed by atoms with E-state index in [0.717, 1.165) is 10.4 Å². The first-order chi connectivity index (χ1) is 25.7. The first-order valence-electron chi connectivity index (χ1n) is 17.2. The fourth-order valence-corrected chi connectivity index (χ4v) is 7.99. The summed E-state index contributed by atoms with van der Waals surface area (Å²) in [5.74, 6) is -1.91. The average molecular weight is 789 g/mol. The number of nitrogens with one attached hydrogen (secondary N) is 3. The van der Waals surface area contributed by atoms with Gasteiger partial charge >= 0.3 is 12.1 Å². The minimum absolute atomic E-state index is 0.00394. The van der Waals surface area contributed by atoms with Crippen molar-refractivity contribution in [3.63, 3.8) is 0 Å². The number of nitrogens with zero attached hydrogens (tertiary/aromatic N) is 1. The number of carbonyl (C=O) groups excluding carboxylic acids is 5. The van der Waals surface area contributed by atoms with Crippen LogP contribution in [0, 0.1) is 0 Å². The van der Waals surface area contributed by atoms with Gasteiger partial charge in [-0.3, -0.25) is 14.4 Å². The number of hydrogen-bond donors (Lipinski definition) is 3. The van der Waals surface area contributed by atoms with Crippen LogP contribution >= 0.6 is 34.7 Å². The SMILES string of the molecule is CCC(Sc1cccc(NC(=O)/C(=C/c2cccc(Cl)c2)NC(=O)c2ccccc2)c1)C(=O)Nc1sc2c(c1C(=O)OC)CCN(C(=O)OC(C)(C)C)C2. The normalized spacial score (nSPS) is 13.3. The monoisotopic (exact) mass is 788 g/mol. The van der Waals surface area contributed by atoms with E-state index in [2.05, 4.69) is 16.0 Å². The summed E-state index contributed by atoms with van der Waals surface area (Å²) >= 11 is 8.72. The molecule has 1 aromatic heterocycles. The largest absolute Gasteiger partial charge is 0.465 e. The average Bonchev–Trinajstić information content (AvgIpc) is 3.49. The van der Waals surface area contributed by atoms with E-state index < -0.39 is 34.7 Å². The van der Waals surface area contributed by atoms with Crippen LogP contribution in [0.5, 0.6) is 0 Å². The molecule has 3 N–H and O–H groups in total. The second-order valence-electron chi connectivity index (χ2n) is 13.3. The molecule has 0 saturated heterocycles. The van der Waals surface area contributed by atoms with Crippen molar-refractivity contribution in [2.24, 2.45) is 0 Å². The highest BCUT2D eigenvalue weighted by atomic mass is 35.5. The van der Waals surface area contributed by atoms with Crippen molar-refractivity contribution in [2.45, 2.75) is 62.8 Å². The first kappa shape index (κ1) is 40.1. The molecule has 11 nitrogen and oxygen atoms in total. The van der Waals surface area contributed by atoms with Crippen LogP contribution in [-0.2, 0) is 32.0 Å². The summed E-state index contributed by atoms with van der Waals surface area (Å²) < 4.78 is 10.6. The van der Waals surface area contributed by atoms with Crippen LogP contribution in [0.3, 0.4) is 0 Å². The van der Waals surface area contributed by atoms with Crippen LogP contribution in [0.1, 0.15) is 70.8 Å². The predicted molar refractivity (Wildman–Crippen MR) is 213 cm³/mol. The van der Waals surface area contributed by atoms with Gasteiger partial charge in [-0.2, -0.15) is 0 Å². The minimum Gasteiger partial charge on any atom is -0.465 e. The van der Waals surface area contributed by atoms with Crippen LogP contribution in [0.2, 0.25) is 5.02 Å². The summed E-state index contributed by atoms with van der Waals surface area (Å²) in [5, 5.41) is 8.80. The summed E-state index contributed by atoms with van der Waals surface area (Å²) in [6, 6.07) is 22.5. The van der Waals surface area contributed by atoms with Gasteiger partial charge in [0, 0.05) is 32.6 Å². The van der Waals surface area contributed by atoms with E-state index in [9.17, 15) is 24.0 Å². The van der Waals surface area contributed by atoms with Gasteiger partial charge in [0.05, 0.1) is 24.5 Å². The van der Waals surface area contributed by atoms with Crippen LogP contribution in [0.15, 0.2) is 89.5 Å². The number of rotatable bonds is 11. The molecule has 4 aromatic rings. The van der Waals surface area contributed by atoms with E-state index in [1.165, 1.54) is 36.3 Å². The lowest BCUT2D eigenvalue weighted by Gasteiger charge is -2.30. The topological polar surface area (TPSA) is 143 Å². The number of methoxy groups -OCH3 is 1. The van der Waals surface area contributed by atoms with Crippen LogP contribution in [0.25, 0.3) is 6.08 Å². The maximum absolute atomic E-state index is 13.7. The number of benzene rings is 3. The number of anilines is 2. The maximum Gasteiger partial charge on any atom is 0.410 e. The Morgan fingerprint density at radius 1 is 0.981 bits per heavy atom. The van der Waals surface area contributed by atoms with Crippen LogP contribution in [0.4, 0.5) is 15.5 Å². The Labute approximate surface area is 327 Å². The number of halogens is 1. The van der Waals surface area contributed by atoms with E-state index in [-0.39, 0.29) is 18.1 Å². The molecule has 5 rings (SSSR count). The molecule has 2 heterocycles.